The number of benzene rings is 4. The van der Waals surface area contributed by atoms with E-state index in [2.05, 4.69) is 27.9 Å². The van der Waals surface area contributed by atoms with Crippen LogP contribution in [0.25, 0.3) is 0 Å². The molecule has 34 heavy (non-hydrogen) atoms. The molecule has 0 spiro atoms. The maximum Gasteiger partial charge on any atom is 0.326 e. The smallest absolute Gasteiger partial charge is 0.326 e. The third-order valence-electron chi connectivity index (χ3n) is 5.92. The van der Waals surface area contributed by atoms with E-state index >= 15 is 0 Å². The summed E-state index contributed by atoms with van der Waals surface area (Å²) in [4.78, 5) is 26.5. The minimum absolute atomic E-state index is 0.187. The van der Waals surface area contributed by atoms with Crippen LogP contribution in [0, 0.1) is 3.57 Å². The van der Waals surface area contributed by atoms with Gasteiger partial charge in [0.15, 0.2) is 0 Å². The van der Waals surface area contributed by atoms with Crippen LogP contribution in [0.4, 0.5) is 0 Å². The van der Waals surface area contributed by atoms with Crippen molar-refractivity contribution in [3.05, 3.63) is 141 Å². The molecule has 2 N–H and O–H groups in total. The average Bonchev–Trinajstić information content (AvgIpc) is 2.87. The van der Waals surface area contributed by atoms with Crippen LogP contribution < -0.4 is 5.32 Å². The fourth-order valence-electron chi connectivity index (χ4n) is 4.28. The third-order valence-corrected chi connectivity index (χ3v) is 6.64. The van der Waals surface area contributed by atoms with Crippen LogP contribution in [0.1, 0.15) is 22.3 Å². The maximum absolute atomic E-state index is 14.3. The number of rotatable bonds is 8. The molecular formula is C29H24INO3. The number of carbonyl (C=O) groups is 2. The Hall–Kier alpha value is -3.45. The summed E-state index contributed by atoms with van der Waals surface area (Å²) < 4.78 is 1.06. The van der Waals surface area contributed by atoms with E-state index < -0.39 is 17.4 Å². The van der Waals surface area contributed by atoms with Gasteiger partial charge in [-0.2, -0.15) is 0 Å². The summed E-state index contributed by atoms with van der Waals surface area (Å²) in [5.41, 5.74) is 1.93. The number of hydrogen-bond acceptors (Lipinski definition) is 2. The van der Waals surface area contributed by atoms with Gasteiger partial charge in [0, 0.05) is 9.99 Å². The summed E-state index contributed by atoms with van der Waals surface area (Å²) in [5, 5.41) is 12.9. The lowest BCUT2D eigenvalue weighted by Gasteiger charge is -2.35. The Bertz CT molecular complexity index is 1150. The van der Waals surface area contributed by atoms with Crippen LogP contribution in [-0.2, 0) is 21.4 Å². The van der Waals surface area contributed by atoms with Gasteiger partial charge in [0.1, 0.15) is 11.5 Å². The molecule has 0 saturated carbocycles. The van der Waals surface area contributed by atoms with Crippen molar-refractivity contribution in [1.29, 1.82) is 0 Å². The van der Waals surface area contributed by atoms with Gasteiger partial charge in [-0.15, -0.1) is 0 Å². The first kappa shape index (κ1) is 23.7. The molecule has 1 atom stereocenters. The van der Waals surface area contributed by atoms with E-state index in [1.54, 1.807) is 0 Å². The van der Waals surface area contributed by atoms with E-state index in [0.717, 1.165) is 25.8 Å². The van der Waals surface area contributed by atoms with Gasteiger partial charge in [0.2, 0.25) is 5.91 Å². The second-order valence-electron chi connectivity index (χ2n) is 8.04. The zero-order chi connectivity index (χ0) is 24.0. The van der Waals surface area contributed by atoms with Crippen molar-refractivity contribution in [2.24, 2.45) is 0 Å². The Kier molecular flexibility index (Phi) is 7.43. The Morgan fingerprint density at radius 2 is 1.12 bits per heavy atom. The lowest BCUT2D eigenvalue weighted by atomic mass is 9.68. The fraction of sp³-hybridized carbons (Fsp3) is 0.103. The molecule has 0 fully saturated rings. The van der Waals surface area contributed by atoms with Gasteiger partial charge in [-0.25, -0.2) is 4.79 Å². The van der Waals surface area contributed by atoms with Crippen LogP contribution in [-0.4, -0.2) is 23.0 Å². The highest BCUT2D eigenvalue weighted by atomic mass is 127. The van der Waals surface area contributed by atoms with Gasteiger partial charge >= 0.3 is 5.97 Å². The Morgan fingerprint density at radius 1 is 0.706 bits per heavy atom. The van der Waals surface area contributed by atoms with Crippen molar-refractivity contribution in [2.75, 3.05) is 0 Å². The highest BCUT2D eigenvalue weighted by molar-refractivity contribution is 14.1. The molecule has 0 saturated heterocycles. The summed E-state index contributed by atoms with van der Waals surface area (Å²) in [6, 6.07) is 35.1. The van der Waals surface area contributed by atoms with Crippen molar-refractivity contribution in [2.45, 2.75) is 17.9 Å². The van der Waals surface area contributed by atoms with Crippen molar-refractivity contribution in [3.63, 3.8) is 0 Å². The summed E-state index contributed by atoms with van der Waals surface area (Å²) in [6.07, 6.45) is 0.187. The first-order chi connectivity index (χ1) is 16.5. The quantitative estimate of drug-likeness (QED) is 0.223. The minimum atomic E-state index is -1.22. The number of halogens is 1. The second kappa shape index (κ2) is 10.7. The van der Waals surface area contributed by atoms with Crippen LogP contribution in [0.3, 0.4) is 0 Å². The predicted molar refractivity (Wildman–Crippen MR) is 142 cm³/mol. The topological polar surface area (TPSA) is 66.4 Å². The first-order valence-corrected chi connectivity index (χ1v) is 12.0. The standard InChI is InChI=1S/C29H24INO3/c30-25-18-16-21(17-19-25)20-26(27(32)33)31-28(34)29(22-10-4-1-5-11-22,23-12-6-2-7-13-23)24-14-8-3-9-15-24/h1-19,26H,20H2,(H,31,34)(H,32,33)/t26-/m0/s1. The zero-order valence-electron chi connectivity index (χ0n) is 18.4. The van der Waals surface area contributed by atoms with E-state index in [4.69, 9.17) is 0 Å². The van der Waals surface area contributed by atoms with Crippen LogP contribution in [0.2, 0.25) is 0 Å². The van der Waals surface area contributed by atoms with E-state index in [9.17, 15) is 14.7 Å². The zero-order valence-corrected chi connectivity index (χ0v) is 20.6. The Labute approximate surface area is 212 Å². The molecular weight excluding hydrogens is 537 g/mol. The molecule has 1 amide bonds. The highest BCUT2D eigenvalue weighted by Crippen LogP contribution is 2.39. The molecule has 4 aromatic rings. The fourth-order valence-corrected chi connectivity index (χ4v) is 4.64. The minimum Gasteiger partial charge on any atom is -0.480 e. The van der Waals surface area contributed by atoms with Gasteiger partial charge in [-0.05, 0) is 57.0 Å². The lowest BCUT2D eigenvalue weighted by Crippen LogP contribution is -2.52. The van der Waals surface area contributed by atoms with Crippen LogP contribution >= 0.6 is 22.6 Å². The van der Waals surface area contributed by atoms with Gasteiger partial charge in [-0.1, -0.05) is 103 Å². The third kappa shape index (κ3) is 4.89. The van der Waals surface area contributed by atoms with Crippen molar-refractivity contribution in [3.8, 4) is 0 Å². The average molecular weight is 561 g/mol. The van der Waals surface area contributed by atoms with Gasteiger partial charge in [0.25, 0.3) is 0 Å². The molecule has 4 aromatic carbocycles. The normalized spacial score (nSPS) is 12.0. The number of carboxylic acids is 1. The lowest BCUT2D eigenvalue weighted by molar-refractivity contribution is -0.142. The first-order valence-electron chi connectivity index (χ1n) is 11.0. The molecule has 4 nitrogen and oxygen atoms in total. The number of hydrogen-bond donors (Lipinski definition) is 2. The summed E-state index contributed by atoms with van der Waals surface area (Å²) >= 11 is 2.21. The Morgan fingerprint density at radius 3 is 1.50 bits per heavy atom. The molecule has 170 valence electrons. The van der Waals surface area contributed by atoms with E-state index in [-0.39, 0.29) is 12.3 Å². The molecule has 0 aliphatic heterocycles. The molecule has 0 bridgehead atoms. The maximum atomic E-state index is 14.3. The van der Waals surface area contributed by atoms with E-state index in [0.29, 0.717) is 0 Å². The summed E-state index contributed by atoms with van der Waals surface area (Å²) in [6.45, 7) is 0. The number of carbonyl (C=O) groups excluding carboxylic acids is 1. The summed E-state index contributed by atoms with van der Waals surface area (Å²) in [5.74, 6) is -1.45. The molecule has 0 heterocycles. The van der Waals surface area contributed by atoms with Crippen LogP contribution in [0.15, 0.2) is 115 Å². The number of nitrogens with one attached hydrogen (secondary N) is 1. The van der Waals surface area contributed by atoms with E-state index in [1.807, 2.05) is 115 Å². The molecule has 4 rings (SSSR count). The monoisotopic (exact) mass is 561 g/mol. The number of aliphatic carboxylic acids is 1. The molecule has 0 aliphatic rings. The highest BCUT2D eigenvalue weighted by Gasteiger charge is 2.45. The largest absolute Gasteiger partial charge is 0.480 e. The SMILES string of the molecule is O=C(O)[C@H](Cc1ccc(I)cc1)NC(=O)C(c1ccccc1)(c1ccccc1)c1ccccc1. The molecule has 0 radical (unpaired) electrons. The number of carboxylic acid groups (broad SMARTS) is 1. The number of amides is 1. The van der Waals surface area contributed by atoms with Gasteiger partial charge in [0.05, 0.1) is 0 Å². The van der Waals surface area contributed by atoms with Crippen molar-refractivity contribution in [1.82, 2.24) is 5.32 Å². The molecule has 0 unspecified atom stereocenters. The summed E-state index contributed by atoms with van der Waals surface area (Å²) in [7, 11) is 0. The second-order valence-corrected chi connectivity index (χ2v) is 9.29. The van der Waals surface area contributed by atoms with Crippen molar-refractivity contribution < 1.29 is 14.7 Å². The molecule has 0 aliphatic carbocycles. The molecule has 0 aromatic heterocycles. The van der Waals surface area contributed by atoms with Gasteiger partial charge < -0.3 is 10.4 Å². The van der Waals surface area contributed by atoms with E-state index in [1.165, 1.54) is 0 Å². The van der Waals surface area contributed by atoms with Gasteiger partial charge in [-0.3, -0.25) is 4.79 Å². The van der Waals surface area contributed by atoms with Crippen LogP contribution in [0.5, 0.6) is 0 Å². The predicted octanol–water partition coefficient (Wildman–Crippen LogP) is 5.44. The van der Waals surface area contributed by atoms with Crippen molar-refractivity contribution >= 4 is 34.5 Å². The molecule has 5 heteroatoms. The Balaban J connectivity index is 1.83.